The van der Waals surface area contributed by atoms with Crippen LogP contribution in [0.3, 0.4) is 0 Å². The molecule has 3 rings (SSSR count). The second-order valence-corrected chi connectivity index (χ2v) is 5.45. The van der Waals surface area contributed by atoms with E-state index in [0.717, 1.165) is 11.3 Å². The minimum absolute atomic E-state index is 0.0467. The summed E-state index contributed by atoms with van der Waals surface area (Å²) in [5.74, 6) is 0.860. The Morgan fingerprint density at radius 3 is 3.10 bits per heavy atom. The van der Waals surface area contributed by atoms with Crippen LogP contribution in [0, 0.1) is 0 Å². The van der Waals surface area contributed by atoms with E-state index in [1.807, 2.05) is 43.5 Å². The van der Waals surface area contributed by atoms with Gasteiger partial charge in [0.25, 0.3) is 0 Å². The van der Waals surface area contributed by atoms with E-state index >= 15 is 0 Å². The highest BCUT2D eigenvalue weighted by Gasteiger charge is 2.39. The van der Waals surface area contributed by atoms with E-state index in [1.165, 1.54) is 0 Å². The summed E-state index contributed by atoms with van der Waals surface area (Å²) in [5.41, 5.74) is 0.437. The molecule has 21 heavy (non-hydrogen) atoms. The Morgan fingerprint density at radius 2 is 2.29 bits per heavy atom. The number of hydrogen-bond donors (Lipinski definition) is 1. The van der Waals surface area contributed by atoms with Crippen LogP contribution in [0.25, 0.3) is 0 Å². The van der Waals surface area contributed by atoms with Crippen molar-refractivity contribution in [3.8, 4) is 5.75 Å². The van der Waals surface area contributed by atoms with Gasteiger partial charge in [0.2, 0.25) is 5.91 Å². The van der Waals surface area contributed by atoms with Crippen molar-refractivity contribution in [1.29, 1.82) is 0 Å². The number of hydrogen-bond acceptors (Lipinski definition) is 3. The van der Waals surface area contributed by atoms with Crippen LogP contribution in [0.4, 0.5) is 0 Å². The van der Waals surface area contributed by atoms with E-state index in [9.17, 15) is 4.79 Å². The average molecular weight is 285 g/mol. The van der Waals surface area contributed by atoms with Gasteiger partial charge in [-0.1, -0.05) is 18.2 Å². The first-order chi connectivity index (χ1) is 10.2. The number of para-hydroxylation sites is 1. The molecule has 1 atom stereocenters. The number of benzene rings is 1. The van der Waals surface area contributed by atoms with Crippen LogP contribution in [0.15, 0.2) is 42.7 Å². The number of aromatic nitrogens is 2. The smallest absolute Gasteiger partial charge is 0.230 e. The standard InChI is InChI=1S/C16H19N3O2/c1-16(7-12-21-14-6-3-2-5-13(14)16)15(20)17-9-11-19-10-4-8-18-19/h2-6,8,10H,7,9,11-12H2,1H3,(H,17,20). The highest BCUT2D eigenvalue weighted by atomic mass is 16.5. The van der Waals surface area contributed by atoms with Gasteiger partial charge in [-0.05, 0) is 25.5 Å². The molecule has 0 bridgehead atoms. The molecule has 0 aliphatic carbocycles. The molecule has 1 unspecified atom stereocenters. The first-order valence-corrected chi connectivity index (χ1v) is 7.18. The average Bonchev–Trinajstić information content (AvgIpc) is 3.01. The number of nitrogens with zero attached hydrogens (tertiary/aromatic N) is 2. The first-order valence-electron chi connectivity index (χ1n) is 7.18. The van der Waals surface area contributed by atoms with Crippen molar-refractivity contribution < 1.29 is 9.53 Å². The van der Waals surface area contributed by atoms with Crippen LogP contribution in [0.2, 0.25) is 0 Å². The topological polar surface area (TPSA) is 56.2 Å². The van der Waals surface area contributed by atoms with Gasteiger partial charge < -0.3 is 10.1 Å². The molecule has 2 aromatic rings. The quantitative estimate of drug-likeness (QED) is 0.931. The molecule has 1 aliphatic heterocycles. The van der Waals surface area contributed by atoms with Crippen LogP contribution in [-0.4, -0.2) is 28.8 Å². The Kier molecular flexibility index (Phi) is 3.64. The van der Waals surface area contributed by atoms with Crippen molar-refractivity contribution >= 4 is 5.91 Å². The van der Waals surface area contributed by atoms with E-state index in [0.29, 0.717) is 26.1 Å². The summed E-state index contributed by atoms with van der Waals surface area (Å²) in [5, 5.41) is 7.14. The van der Waals surface area contributed by atoms with Crippen LogP contribution in [0.5, 0.6) is 5.75 Å². The molecule has 1 aromatic carbocycles. The lowest BCUT2D eigenvalue weighted by molar-refractivity contribution is -0.127. The molecule has 2 heterocycles. The Bertz CT molecular complexity index is 624. The summed E-state index contributed by atoms with van der Waals surface area (Å²) < 4.78 is 7.44. The Balaban J connectivity index is 1.69. The van der Waals surface area contributed by atoms with Crippen LogP contribution < -0.4 is 10.1 Å². The van der Waals surface area contributed by atoms with Gasteiger partial charge >= 0.3 is 0 Å². The van der Waals surface area contributed by atoms with Gasteiger partial charge in [-0.15, -0.1) is 0 Å². The summed E-state index contributed by atoms with van der Waals surface area (Å²) in [4.78, 5) is 12.6. The zero-order valence-electron chi connectivity index (χ0n) is 12.1. The lowest BCUT2D eigenvalue weighted by Crippen LogP contribution is -2.46. The van der Waals surface area contributed by atoms with Gasteiger partial charge in [-0.2, -0.15) is 5.10 Å². The molecule has 110 valence electrons. The third kappa shape index (κ3) is 2.63. The van der Waals surface area contributed by atoms with Crippen molar-refractivity contribution in [2.75, 3.05) is 13.2 Å². The fourth-order valence-electron chi connectivity index (χ4n) is 2.70. The van der Waals surface area contributed by atoms with Gasteiger partial charge in [0.1, 0.15) is 5.75 Å². The summed E-state index contributed by atoms with van der Waals surface area (Å²) in [6, 6.07) is 9.65. The number of rotatable bonds is 4. The van der Waals surface area contributed by atoms with E-state index in [4.69, 9.17) is 4.74 Å². The number of carbonyl (C=O) groups excluding carboxylic acids is 1. The molecule has 1 amide bonds. The number of nitrogens with one attached hydrogen (secondary N) is 1. The zero-order valence-corrected chi connectivity index (χ0v) is 12.1. The minimum atomic E-state index is -0.529. The summed E-state index contributed by atoms with van der Waals surface area (Å²) in [7, 11) is 0. The second kappa shape index (κ2) is 5.60. The molecule has 0 saturated heterocycles. The largest absolute Gasteiger partial charge is 0.493 e. The maximum Gasteiger partial charge on any atom is 0.230 e. The van der Waals surface area contributed by atoms with Crippen LogP contribution >= 0.6 is 0 Å². The Labute approximate surface area is 123 Å². The molecule has 0 spiro atoms. The fraction of sp³-hybridized carbons (Fsp3) is 0.375. The predicted molar refractivity (Wildman–Crippen MR) is 79.1 cm³/mol. The van der Waals surface area contributed by atoms with E-state index in [2.05, 4.69) is 10.4 Å². The monoisotopic (exact) mass is 285 g/mol. The number of fused-ring (bicyclic) bond motifs is 1. The molecule has 1 aromatic heterocycles. The van der Waals surface area contributed by atoms with Crippen LogP contribution in [-0.2, 0) is 16.8 Å². The minimum Gasteiger partial charge on any atom is -0.493 e. The summed E-state index contributed by atoms with van der Waals surface area (Å²) in [6.07, 6.45) is 4.31. The Hall–Kier alpha value is -2.30. The van der Waals surface area contributed by atoms with Crippen molar-refractivity contribution in [2.45, 2.75) is 25.3 Å². The normalized spacial score (nSPS) is 20.4. The van der Waals surface area contributed by atoms with Gasteiger partial charge in [-0.3, -0.25) is 9.48 Å². The highest BCUT2D eigenvalue weighted by molar-refractivity contribution is 5.88. The molecule has 5 nitrogen and oxygen atoms in total. The van der Waals surface area contributed by atoms with E-state index in [-0.39, 0.29) is 5.91 Å². The molecule has 1 N–H and O–H groups in total. The molecule has 0 radical (unpaired) electrons. The van der Waals surface area contributed by atoms with Crippen molar-refractivity contribution in [1.82, 2.24) is 15.1 Å². The summed E-state index contributed by atoms with van der Waals surface area (Å²) in [6.45, 7) is 3.80. The van der Waals surface area contributed by atoms with Gasteiger partial charge in [0, 0.05) is 24.5 Å². The van der Waals surface area contributed by atoms with E-state index < -0.39 is 5.41 Å². The Morgan fingerprint density at radius 1 is 1.43 bits per heavy atom. The van der Waals surface area contributed by atoms with E-state index in [1.54, 1.807) is 10.9 Å². The van der Waals surface area contributed by atoms with Gasteiger partial charge in [0.05, 0.1) is 18.6 Å². The fourth-order valence-corrected chi connectivity index (χ4v) is 2.70. The second-order valence-electron chi connectivity index (χ2n) is 5.45. The molecule has 1 aliphatic rings. The maximum atomic E-state index is 12.6. The molecule has 0 fully saturated rings. The number of carbonyl (C=O) groups is 1. The molecule has 0 saturated carbocycles. The lowest BCUT2D eigenvalue weighted by atomic mass is 9.77. The third-order valence-corrected chi connectivity index (χ3v) is 4.03. The third-order valence-electron chi connectivity index (χ3n) is 4.03. The molecule has 5 heteroatoms. The number of ether oxygens (including phenoxy) is 1. The SMILES string of the molecule is CC1(C(=O)NCCn2cccn2)CCOc2ccccc21. The van der Waals surface area contributed by atoms with Crippen molar-refractivity contribution in [3.05, 3.63) is 48.3 Å². The van der Waals surface area contributed by atoms with Crippen molar-refractivity contribution in [2.24, 2.45) is 0 Å². The maximum absolute atomic E-state index is 12.6. The van der Waals surface area contributed by atoms with Crippen molar-refractivity contribution in [3.63, 3.8) is 0 Å². The summed E-state index contributed by atoms with van der Waals surface area (Å²) >= 11 is 0. The predicted octanol–water partition coefficient (Wildman–Crippen LogP) is 1.74. The molecular weight excluding hydrogens is 266 g/mol. The first kappa shape index (κ1) is 13.7. The van der Waals surface area contributed by atoms with Gasteiger partial charge in [-0.25, -0.2) is 0 Å². The van der Waals surface area contributed by atoms with Gasteiger partial charge in [0.15, 0.2) is 0 Å². The highest BCUT2D eigenvalue weighted by Crippen LogP contribution is 2.38. The van der Waals surface area contributed by atoms with Crippen LogP contribution in [0.1, 0.15) is 18.9 Å². The molecular formula is C16H19N3O2. The lowest BCUT2D eigenvalue weighted by Gasteiger charge is -2.34. The number of amides is 1. The zero-order chi connectivity index (χ0) is 14.7.